The lowest BCUT2D eigenvalue weighted by Gasteiger charge is -2.31. The molecular formula is C30H36N4O4. The fourth-order valence-corrected chi connectivity index (χ4v) is 5.92. The van der Waals surface area contributed by atoms with Gasteiger partial charge in [-0.2, -0.15) is 0 Å². The van der Waals surface area contributed by atoms with Gasteiger partial charge in [0, 0.05) is 34.8 Å². The maximum atomic E-state index is 13.2. The number of fused-ring (bicyclic) bond motifs is 3. The average Bonchev–Trinajstić information content (AvgIpc) is 3.18. The number of para-hydroxylation sites is 1. The van der Waals surface area contributed by atoms with E-state index in [4.69, 9.17) is 16.2 Å². The number of esters is 1. The Morgan fingerprint density at radius 2 is 1.79 bits per heavy atom. The van der Waals surface area contributed by atoms with E-state index in [9.17, 15) is 14.4 Å². The quantitative estimate of drug-likeness (QED) is 0.410. The van der Waals surface area contributed by atoms with Gasteiger partial charge in [-0.25, -0.2) is 0 Å². The summed E-state index contributed by atoms with van der Waals surface area (Å²) in [6, 6.07) is 13.1. The molecule has 1 fully saturated rings. The summed E-state index contributed by atoms with van der Waals surface area (Å²) in [5.74, 6) is -0.777. The fourth-order valence-electron chi connectivity index (χ4n) is 5.92. The van der Waals surface area contributed by atoms with Crippen molar-refractivity contribution < 1.29 is 19.1 Å². The standard InChI is InChI=1S/C30H36N4O4/c1-17(31)29(37)38-20-11-9-19(10-12-20)33-23-14-18(8-13-21(23)28(32)36)27-22-6-4-5-7-24(22)34-25(27)15-30(2,3)16-26(34)35/h4-8,13-14,17,19-20,33H,9-12,15-16,31H2,1-3H3,(H2,32,36)/t17-,19?,20?/m0/s1. The Morgan fingerprint density at radius 1 is 1.08 bits per heavy atom. The molecule has 2 heterocycles. The van der Waals surface area contributed by atoms with E-state index >= 15 is 0 Å². The highest BCUT2D eigenvalue weighted by Crippen LogP contribution is 2.43. The second kappa shape index (κ2) is 9.91. The Labute approximate surface area is 222 Å². The lowest BCUT2D eigenvalue weighted by Crippen LogP contribution is -2.36. The van der Waals surface area contributed by atoms with E-state index in [0.717, 1.165) is 59.8 Å². The Morgan fingerprint density at radius 3 is 2.47 bits per heavy atom. The number of nitrogens with one attached hydrogen (secondary N) is 1. The molecule has 8 nitrogen and oxygen atoms in total. The fraction of sp³-hybridized carbons (Fsp3) is 0.433. The van der Waals surface area contributed by atoms with Crippen LogP contribution in [0.25, 0.3) is 22.0 Å². The van der Waals surface area contributed by atoms with Crippen LogP contribution in [0.2, 0.25) is 0 Å². The Balaban J connectivity index is 1.48. The summed E-state index contributed by atoms with van der Waals surface area (Å²) in [6.45, 7) is 5.87. The number of amides is 1. The van der Waals surface area contributed by atoms with Crippen LogP contribution >= 0.6 is 0 Å². The van der Waals surface area contributed by atoms with Crippen molar-refractivity contribution in [3.8, 4) is 11.1 Å². The maximum absolute atomic E-state index is 13.2. The number of hydrogen-bond acceptors (Lipinski definition) is 6. The molecule has 3 aromatic rings. The lowest BCUT2D eigenvalue weighted by molar-refractivity contribution is -0.151. The summed E-state index contributed by atoms with van der Waals surface area (Å²) in [4.78, 5) is 37.4. The smallest absolute Gasteiger partial charge is 0.322 e. The molecule has 2 aromatic carbocycles. The number of nitrogens with zero attached hydrogens (tertiary/aromatic N) is 1. The molecule has 0 spiro atoms. The number of anilines is 1. The van der Waals surface area contributed by atoms with Crippen molar-refractivity contribution in [1.82, 2.24) is 4.57 Å². The zero-order valence-corrected chi connectivity index (χ0v) is 22.3. The summed E-state index contributed by atoms with van der Waals surface area (Å²) in [6.07, 6.45) is 4.13. The normalized spacial score (nSPS) is 21.5. The van der Waals surface area contributed by atoms with Gasteiger partial charge in [0.15, 0.2) is 0 Å². The molecule has 1 atom stereocenters. The molecule has 0 saturated heterocycles. The molecule has 0 unspecified atom stereocenters. The predicted molar refractivity (Wildman–Crippen MR) is 148 cm³/mol. The predicted octanol–water partition coefficient (Wildman–Crippen LogP) is 4.63. The number of primary amides is 1. The third-order valence-corrected chi connectivity index (χ3v) is 7.76. The first-order chi connectivity index (χ1) is 18.0. The van der Waals surface area contributed by atoms with E-state index in [-0.39, 0.29) is 29.4 Å². The molecule has 38 heavy (non-hydrogen) atoms. The van der Waals surface area contributed by atoms with Crippen LogP contribution in [0.1, 0.15) is 73.7 Å². The highest BCUT2D eigenvalue weighted by molar-refractivity contribution is 6.06. The molecule has 2 aliphatic rings. The number of rotatable bonds is 6. The van der Waals surface area contributed by atoms with Crippen LogP contribution in [0, 0.1) is 5.41 Å². The van der Waals surface area contributed by atoms with Crippen LogP contribution in [0.4, 0.5) is 5.69 Å². The van der Waals surface area contributed by atoms with Gasteiger partial charge < -0.3 is 21.5 Å². The van der Waals surface area contributed by atoms with Crippen molar-refractivity contribution in [1.29, 1.82) is 0 Å². The largest absolute Gasteiger partial charge is 0.461 e. The molecular weight excluding hydrogens is 480 g/mol. The highest BCUT2D eigenvalue weighted by Gasteiger charge is 2.35. The first-order valence-electron chi connectivity index (χ1n) is 13.4. The van der Waals surface area contributed by atoms with Crippen LogP contribution in [0.5, 0.6) is 0 Å². The summed E-state index contributed by atoms with van der Waals surface area (Å²) in [7, 11) is 0. The number of benzene rings is 2. The molecule has 200 valence electrons. The zero-order valence-electron chi connectivity index (χ0n) is 22.3. The maximum Gasteiger partial charge on any atom is 0.322 e. The number of aromatic nitrogens is 1. The highest BCUT2D eigenvalue weighted by atomic mass is 16.5. The van der Waals surface area contributed by atoms with E-state index in [0.29, 0.717) is 17.7 Å². The van der Waals surface area contributed by atoms with Crippen LogP contribution in [0.15, 0.2) is 42.5 Å². The zero-order chi connectivity index (χ0) is 27.2. The molecule has 1 aliphatic carbocycles. The van der Waals surface area contributed by atoms with Crippen LogP contribution in [-0.4, -0.2) is 40.5 Å². The van der Waals surface area contributed by atoms with Gasteiger partial charge in [-0.3, -0.25) is 19.0 Å². The topological polar surface area (TPSA) is 129 Å². The van der Waals surface area contributed by atoms with E-state index in [2.05, 4.69) is 25.2 Å². The van der Waals surface area contributed by atoms with Gasteiger partial charge in [-0.15, -0.1) is 0 Å². The number of carbonyl (C=O) groups excluding carboxylic acids is 3. The van der Waals surface area contributed by atoms with Gasteiger partial charge in [0.1, 0.15) is 12.1 Å². The molecule has 0 bridgehead atoms. The minimum absolute atomic E-state index is 0.104. The average molecular weight is 517 g/mol. The summed E-state index contributed by atoms with van der Waals surface area (Å²) in [5.41, 5.74) is 16.2. The second-order valence-corrected chi connectivity index (χ2v) is 11.6. The first-order valence-corrected chi connectivity index (χ1v) is 13.4. The minimum atomic E-state index is -0.635. The van der Waals surface area contributed by atoms with E-state index in [1.54, 1.807) is 13.0 Å². The van der Waals surface area contributed by atoms with Crippen molar-refractivity contribution in [2.24, 2.45) is 16.9 Å². The van der Waals surface area contributed by atoms with Crippen LogP contribution in [-0.2, 0) is 16.0 Å². The van der Waals surface area contributed by atoms with Crippen molar-refractivity contribution in [2.75, 3.05) is 5.32 Å². The molecule has 1 aromatic heterocycles. The van der Waals surface area contributed by atoms with Crippen molar-refractivity contribution in [2.45, 2.75) is 77.5 Å². The number of hydrogen-bond donors (Lipinski definition) is 3. The van der Waals surface area contributed by atoms with Crippen LogP contribution < -0.4 is 16.8 Å². The van der Waals surface area contributed by atoms with E-state index in [1.165, 1.54) is 0 Å². The molecule has 1 amide bonds. The Kier molecular flexibility index (Phi) is 6.77. The number of ether oxygens (including phenoxy) is 1. The molecule has 8 heteroatoms. The minimum Gasteiger partial charge on any atom is -0.461 e. The second-order valence-electron chi connectivity index (χ2n) is 11.6. The van der Waals surface area contributed by atoms with E-state index in [1.807, 2.05) is 34.9 Å². The van der Waals surface area contributed by atoms with Gasteiger partial charge in [0.25, 0.3) is 5.91 Å². The van der Waals surface area contributed by atoms with Gasteiger partial charge in [0.05, 0.1) is 11.1 Å². The third-order valence-electron chi connectivity index (χ3n) is 7.76. The number of carbonyl (C=O) groups is 3. The molecule has 5 N–H and O–H groups in total. The summed E-state index contributed by atoms with van der Waals surface area (Å²) >= 11 is 0. The molecule has 1 saturated carbocycles. The van der Waals surface area contributed by atoms with Gasteiger partial charge >= 0.3 is 5.97 Å². The summed E-state index contributed by atoms with van der Waals surface area (Å²) in [5, 5.41) is 4.56. The van der Waals surface area contributed by atoms with Crippen molar-refractivity contribution in [3.63, 3.8) is 0 Å². The van der Waals surface area contributed by atoms with Crippen LogP contribution in [0.3, 0.4) is 0 Å². The van der Waals surface area contributed by atoms with Crippen molar-refractivity contribution >= 4 is 34.4 Å². The van der Waals surface area contributed by atoms with Crippen molar-refractivity contribution in [3.05, 3.63) is 53.7 Å². The molecule has 5 rings (SSSR count). The Hall–Kier alpha value is -3.65. The lowest BCUT2D eigenvalue weighted by atomic mass is 9.80. The van der Waals surface area contributed by atoms with Gasteiger partial charge in [-0.05, 0) is 68.2 Å². The monoisotopic (exact) mass is 516 g/mol. The Bertz CT molecular complexity index is 1410. The number of nitrogens with two attached hydrogens (primary N) is 2. The molecule has 1 aliphatic heterocycles. The third kappa shape index (κ3) is 4.92. The molecule has 0 radical (unpaired) electrons. The SMILES string of the molecule is C[C@H](N)C(=O)OC1CCC(Nc2cc(-c3c4n(c5ccccc35)C(=O)CC(C)(C)C4)ccc2C(N)=O)CC1. The van der Waals surface area contributed by atoms with Gasteiger partial charge in [0.2, 0.25) is 5.91 Å². The van der Waals surface area contributed by atoms with E-state index < -0.39 is 11.9 Å². The first kappa shape index (κ1) is 26.0. The summed E-state index contributed by atoms with van der Waals surface area (Å²) < 4.78 is 7.38. The van der Waals surface area contributed by atoms with Gasteiger partial charge in [-0.1, -0.05) is 38.1 Å².